The molecule has 2 bridgehead atoms. The van der Waals surface area contributed by atoms with E-state index in [9.17, 15) is 4.79 Å². The zero-order valence-corrected chi connectivity index (χ0v) is 10.2. The molecule has 4 atom stereocenters. The highest BCUT2D eigenvalue weighted by Crippen LogP contribution is 2.47. The maximum absolute atomic E-state index is 12.0. The van der Waals surface area contributed by atoms with Crippen molar-refractivity contribution < 1.29 is 4.79 Å². The molecule has 0 aromatic rings. The summed E-state index contributed by atoms with van der Waals surface area (Å²) in [5.74, 6) is 1.23. The maximum atomic E-state index is 12.0. The highest BCUT2D eigenvalue weighted by molar-refractivity contribution is 5.80. The van der Waals surface area contributed by atoms with Crippen LogP contribution in [0.25, 0.3) is 0 Å². The van der Waals surface area contributed by atoms with Gasteiger partial charge in [-0.1, -0.05) is 0 Å². The molecule has 2 rings (SSSR count). The predicted molar refractivity (Wildman–Crippen MR) is 63.6 cm³/mol. The van der Waals surface area contributed by atoms with Crippen molar-refractivity contribution in [1.82, 2.24) is 5.32 Å². The Balaban J connectivity index is 1.91. The zero-order chi connectivity index (χ0) is 11.9. The number of nitrogens with two attached hydrogens (primary N) is 2. The Morgan fingerprint density at radius 3 is 2.50 bits per heavy atom. The Labute approximate surface area is 97.1 Å². The zero-order valence-electron chi connectivity index (χ0n) is 10.2. The lowest BCUT2D eigenvalue weighted by molar-refractivity contribution is -0.127. The molecule has 4 nitrogen and oxygen atoms in total. The van der Waals surface area contributed by atoms with Crippen LogP contribution in [0.1, 0.15) is 33.1 Å². The molecule has 0 aliphatic heterocycles. The first kappa shape index (κ1) is 11.9. The molecule has 0 heterocycles. The van der Waals surface area contributed by atoms with Crippen LogP contribution in [0.3, 0.4) is 0 Å². The fraction of sp³-hybridized carbons (Fsp3) is 0.917. The van der Waals surface area contributed by atoms with Gasteiger partial charge in [-0.15, -0.1) is 0 Å². The first-order chi connectivity index (χ1) is 7.38. The van der Waals surface area contributed by atoms with Crippen molar-refractivity contribution >= 4 is 5.91 Å². The van der Waals surface area contributed by atoms with E-state index in [-0.39, 0.29) is 23.4 Å². The Kier molecular flexibility index (Phi) is 2.97. The van der Waals surface area contributed by atoms with E-state index in [0.29, 0.717) is 18.4 Å². The van der Waals surface area contributed by atoms with Crippen molar-refractivity contribution in [3.05, 3.63) is 0 Å². The number of carbonyl (C=O) groups is 1. The molecule has 4 heteroatoms. The van der Waals surface area contributed by atoms with E-state index < -0.39 is 0 Å². The SMILES string of the molecule is CC(C)(N)CNC(=O)C1C2CCC(C2)C1N. The minimum absolute atomic E-state index is 0.0288. The summed E-state index contributed by atoms with van der Waals surface area (Å²) in [5, 5.41) is 2.94. The first-order valence-corrected chi connectivity index (χ1v) is 6.20. The van der Waals surface area contributed by atoms with Crippen LogP contribution in [0, 0.1) is 17.8 Å². The lowest BCUT2D eigenvalue weighted by Gasteiger charge is -2.28. The molecule has 2 aliphatic rings. The van der Waals surface area contributed by atoms with Gasteiger partial charge < -0.3 is 16.8 Å². The number of hydrogen-bond donors (Lipinski definition) is 3. The first-order valence-electron chi connectivity index (χ1n) is 6.20. The molecule has 0 spiro atoms. The van der Waals surface area contributed by atoms with Crippen molar-refractivity contribution in [3.63, 3.8) is 0 Å². The van der Waals surface area contributed by atoms with Gasteiger partial charge in [0.1, 0.15) is 0 Å². The molecule has 2 fully saturated rings. The average Bonchev–Trinajstić information content (AvgIpc) is 2.73. The monoisotopic (exact) mass is 225 g/mol. The average molecular weight is 225 g/mol. The molecule has 2 saturated carbocycles. The fourth-order valence-electron chi connectivity index (χ4n) is 3.16. The summed E-state index contributed by atoms with van der Waals surface area (Å²) >= 11 is 0. The van der Waals surface area contributed by atoms with Crippen LogP contribution in [0.4, 0.5) is 0 Å². The Morgan fingerprint density at radius 2 is 2.00 bits per heavy atom. The maximum Gasteiger partial charge on any atom is 0.225 e. The summed E-state index contributed by atoms with van der Waals surface area (Å²) in [6.07, 6.45) is 3.52. The minimum atomic E-state index is -0.350. The second kappa shape index (κ2) is 4.00. The van der Waals surface area contributed by atoms with E-state index in [2.05, 4.69) is 5.32 Å². The van der Waals surface area contributed by atoms with Crippen molar-refractivity contribution in [2.24, 2.45) is 29.2 Å². The van der Waals surface area contributed by atoms with Crippen LogP contribution in [-0.2, 0) is 4.79 Å². The van der Waals surface area contributed by atoms with Crippen LogP contribution < -0.4 is 16.8 Å². The molecule has 16 heavy (non-hydrogen) atoms. The molecule has 92 valence electrons. The smallest absolute Gasteiger partial charge is 0.225 e. The van der Waals surface area contributed by atoms with E-state index in [4.69, 9.17) is 11.5 Å². The third-order valence-corrected chi connectivity index (χ3v) is 4.00. The standard InChI is InChI=1S/C12H23N3O/c1-12(2,14)6-15-11(16)9-7-3-4-8(5-7)10(9)13/h7-10H,3-6,13-14H2,1-2H3,(H,15,16). The molecule has 0 saturated heterocycles. The predicted octanol–water partition coefficient (Wildman–Crippen LogP) is 0.213. The van der Waals surface area contributed by atoms with Gasteiger partial charge in [-0.2, -0.15) is 0 Å². The molecule has 0 aromatic heterocycles. The molecule has 5 N–H and O–H groups in total. The van der Waals surface area contributed by atoms with Gasteiger partial charge in [0.05, 0.1) is 5.92 Å². The number of rotatable bonds is 3. The minimum Gasteiger partial charge on any atom is -0.354 e. The third-order valence-electron chi connectivity index (χ3n) is 4.00. The second-order valence-electron chi connectivity index (χ2n) is 6.14. The molecule has 0 aromatic carbocycles. The Hall–Kier alpha value is -0.610. The summed E-state index contributed by atoms with van der Waals surface area (Å²) < 4.78 is 0. The van der Waals surface area contributed by atoms with Gasteiger partial charge in [0.25, 0.3) is 0 Å². The second-order valence-corrected chi connectivity index (χ2v) is 6.14. The van der Waals surface area contributed by atoms with Crippen molar-refractivity contribution in [2.45, 2.75) is 44.7 Å². The van der Waals surface area contributed by atoms with E-state index in [1.165, 1.54) is 12.8 Å². The molecular weight excluding hydrogens is 202 g/mol. The van der Waals surface area contributed by atoms with Crippen LogP contribution in [0.15, 0.2) is 0 Å². The molecular formula is C12H23N3O. The number of carbonyl (C=O) groups excluding carboxylic acids is 1. The quantitative estimate of drug-likeness (QED) is 0.642. The van der Waals surface area contributed by atoms with Crippen LogP contribution in [0.5, 0.6) is 0 Å². The summed E-state index contributed by atoms with van der Waals surface area (Å²) in [4.78, 5) is 12.0. The van der Waals surface area contributed by atoms with E-state index >= 15 is 0 Å². The van der Waals surface area contributed by atoms with Gasteiger partial charge in [0, 0.05) is 18.1 Å². The van der Waals surface area contributed by atoms with E-state index in [1.807, 2.05) is 13.8 Å². The van der Waals surface area contributed by atoms with Crippen molar-refractivity contribution in [3.8, 4) is 0 Å². The number of amides is 1. The Bertz CT molecular complexity index is 282. The molecule has 0 radical (unpaired) electrons. The lowest BCUT2D eigenvalue weighted by atomic mass is 9.84. The van der Waals surface area contributed by atoms with Gasteiger partial charge in [0.15, 0.2) is 0 Å². The van der Waals surface area contributed by atoms with Crippen LogP contribution in [-0.4, -0.2) is 24.0 Å². The van der Waals surface area contributed by atoms with Crippen molar-refractivity contribution in [1.29, 1.82) is 0 Å². The summed E-state index contributed by atoms with van der Waals surface area (Å²) in [6, 6.07) is 0.0691. The molecule has 4 unspecified atom stereocenters. The highest BCUT2D eigenvalue weighted by Gasteiger charge is 2.49. The number of fused-ring (bicyclic) bond motifs is 2. The number of hydrogen-bond acceptors (Lipinski definition) is 3. The molecule has 2 aliphatic carbocycles. The number of nitrogens with one attached hydrogen (secondary N) is 1. The fourth-order valence-corrected chi connectivity index (χ4v) is 3.16. The largest absolute Gasteiger partial charge is 0.354 e. The van der Waals surface area contributed by atoms with Gasteiger partial charge in [0.2, 0.25) is 5.91 Å². The Morgan fingerprint density at radius 1 is 1.38 bits per heavy atom. The topological polar surface area (TPSA) is 81.1 Å². The van der Waals surface area contributed by atoms with E-state index in [1.54, 1.807) is 0 Å². The summed E-state index contributed by atoms with van der Waals surface area (Å²) in [5.41, 5.74) is 11.6. The van der Waals surface area contributed by atoms with Crippen LogP contribution in [0.2, 0.25) is 0 Å². The normalized spacial score (nSPS) is 37.8. The summed E-state index contributed by atoms with van der Waals surface area (Å²) in [7, 11) is 0. The van der Waals surface area contributed by atoms with Crippen LogP contribution >= 0.6 is 0 Å². The third kappa shape index (κ3) is 2.23. The van der Waals surface area contributed by atoms with Gasteiger partial charge in [-0.05, 0) is 44.9 Å². The highest BCUT2D eigenvalue weighted by atomic mass is 16.2. The lowest BCUT2D eigenvalue weighted by Crippen LogP contribution is -2.50. The van der Waals surface area contributed by atoms with E-state index in [0.717, 1.165) is 6.42 Å². The van der Waals surface area contributed by atoms with Gasteiger partial charge in [-0.25, -0.2) is 0 Å². The van der Waals surface area contributed by atoms with Gasteiger partial charge in [-0.3, -0.25) is 4.79 Å². The van der Waals surface area contributed by atoms with Gasteiger partial charge >= 0.3 is 0 Å². The summed E-state index contributed by atoms with van der Waals surface area (Å²) in [6.45, 7) is 4.34. The molecule has 1 amide bonds. The van der Waals surface area contributed by atoms with Crippen molar-refractivity contribution in [2.75, 3.05) is 6.54 Å².